The zero-order valence-electron chi connectivity index (χ0n) is 76.7. The summed E-state index contributed by atoms with van der Waals surface area (Å²) in [5.41, 5.74) is -1.22. The Hall–Kier alpha value is -14.8. The van der Waals surface area contributed by atoms with E-state index in [0.29, 0.717) is 50.8 Å². The second-order valence-corrected chi connectivity index (χ2v) is 35.7. The van der Waals surface area contributed by atoms with Crippen LogP contribution in [0.15, 0.2) is 180 Å². The second kappa shape index (κ2) is 35.6. The van der Waals surface area contributed by atoms with Crippen molar-refractivity contribution in [2.24, 2.45) is 0 Å². The minimum Gasteiger partial charge on any atom is -0.354 e. The van der Waals surface area contributed by atoms with Gasteiger partial charge in [0.25, 0.3) is 34.4 Å². The van der Waals surface area contributed by atoms with Gasteiger partial charge in [-0.05, 0) is 149 Å². The van der Waals surface area contributed by atoms with E-state index in [2.05, 4.69) is 34.7 Å². The van der Waals surface area contributed by atoms with Gasteiger partial charge in [-0.2, -0.15) is 0 Å². The normalized spacial score (nSPS) is 18.0. The van der Waals surface area contributed by atoms with E-state index in [4.69, 9.17) is 0 Å². The van der Waals surface area contributed by atoms with E-state index in [-0.39, 0.29) is 158 Å². The predicted octanol–water partition coefficient (Wildman–Crippen LogP) is 16.4. The Morgan fingerprint density at radius 1 is 0.348 bits per heavy atom. The van der Waals surface area contributed by atoms with Crippen molar-refractivity contribution < 1.29 is 68.3 Å². The van der Waals surface area contributed by atoms with Gasteiger partial charge < -0.3 is 44.1 Å². The lowest BCUT2D eigenvalue weighted by molar-refractivity contribution is -0.132. The smallest absolute Gasteiger partial charge is 0.281 e. The van der Waals surface area contributed by atoms with Gasteiger partial charge in [0.15, 0.2) is 17.5 Å². The monoisotopic (exact) mass is 1850 g/mol. The van der Waals surface area contributed by atoms with E-state index in [1.54, 1.807) is 93.0 Å². The number of halogens is 9. The van der Waals surface area contributed by atoms with E-state index in [1.807, 2.05) is 41.5 Å². The van der Waals surface area contributed by atoms with Crippen molar-refractivity contribution >= 4 is 102 Å². The van der Waals surface area contributed by atoms with Gasteiger partial charge >= 0.3 is 0 Å². The molecule has 33 heteroatoms. The number of aromatic nitrogens is 6. The number of hydrogen-bond donors (Lipinski definition) is 0. The number of aryl methyl sites for hydroxylation is 3. The van der Waals surface area contributed by atoms with Gasteiger partial charge in [0.05, 0.1) is 104 Å². The van der Waals surface area contributed by atoms with Gasteiger partial charge in [0, 0.05) is 110 Å². The molecule has 135 heavy (non-hydrogen) atoms. The first-order valence-electron chi connectivity index (χ1n) is 44.0. The summed E-state index contributed by atoms with van der Waals surface area (Å²) in [6.07, 6.45) is 8.28. The number of carbonyl (C=O) groups is 6. The van der Waals surface area contributed by atoms with E-state index < -0.39 is 140 Å². The maximum atomic E-state index is 17.1. The van der Waals surface area contributed by atoms with Gasteiger partial charge in [-0.3, -0.25) is 71.8 Å². The molecule has 6 amide bonds. The Labute approximate surface area is 770 Å². The maximum absolute atomic E-state index is 17.1. The van der Waals surface area contributed by atoms with Crippen molar-refractivity contribution in [3.63, 3.8) is 0 Å². The molecule has 0 bridgehead atoms. The highest BCUT2D eigenvalue weighted by molar-refractivity contribution is 6.16. The summed E-state index contributed by atoms with van der Waals surface area (Å²) in [6, 6.07) is 20.1. The SMILES string of the molecule is C=CC(=O)N1C[C@@H]2C(=O)N(C)c3c(c4cc(F)c(-c5ccccc5F)c(F)c4n(-c4c(C)ccnc4C(C)C)c3=O)N2C[C@H]1C.C=CC(=O)N1C[C@@H]2C(=O)N(C)c3c(c4cc(F)c(-c5ccccc5F)c(F)c4n(-c4c(C)ccnc4C(C)C)c3=O)N2C[C@H]1C.C=CC(=O)N1C[C@@H]2C(=O)N(C)c3c(c4cc(F)c(-c5ccccc5F)c(F)c4n(-c4c(C)ccnc4C(C)C)c3=O)N2C[C@H]1C. The van der Waals surface area contributed by atoms with Crippen molar-refractivity contribution in [3.05, 3.63) is 283 Å². The summed E-state index contributed by atoms with van der Waals surface area (Å²) in [6.45, 7) is 32.8. The highest BCUT2D eigenvalue weighted by Crippen LogP contribution is 2.51. The van der Waals surface area contributed by atoms with Crippen molar-refractivity contribution in [1.82, 2.24) is 43.4 Å². The summed E-state index contributed by atoms with van der Waals surface area (Å²) >= 11 is 0. The number of anilines is 6. The summed E-state index contributed by atoms with van der Waals surface area (Å²) in [5, 5.41) is 0.0769. The topological polar surface area (TPSA) is 236 Å². The molecule has 18 rings (SSSR count). The van der Waals surface area contributed by atoms with Crippen LogP contribution in [0.25, 0.3) is 83.2 Å². The Balaban J connectivity index is 0.000000147. The lowest BCUT2D eigenvalue weighted by atomic mass is 9.95. The van der Waals surface area contributed by atoms with Crippen LogP contribution in [0.1, 0.15) is 114 Å². The number of nitrogens with zero attached hydrogens (tertiary/aromatic N) is 15. The van der Waals surface area contributed by atoms with Gasteiger partial charge in [-0.25, -0.2) is 39.5 Å². The molecule has 0 aliphatic carbocycles. The fourth-order valence-electron chi connectivity index (χ4n) is 19.9. The molecule has 12 aromatic rings. The average molecular weight is 1850 g/mol. The summed E-state index contributed by atoms with van der Waals surface area (Å²) in [5.74, 6) is -12.0. The van der Waals surface area contributed by atoms with Crippen LogP contribution in [0.5, 0.6) is 0 Å². The highest BCUT2D eigenvalue weighted by Gasteiger charge is 2.51. The number of hydrogen-bond acceptors (Lipinski definition) is 15. The number of pyridine rings is 6. The zero-order chi connectivity index (χ0) is 97.4. The molecule has 6 aliphatic rings. The van der Waals surface area contributed by atoms with Crippen LogP contribution < -0.4 is 46.1 Å². The number of likely N-dealkylation sites (N-methyl/N-ethyl adjacent to an activating group) is 3. The number of piperazine rings is 3. The molecule has 6 aliphatic heterocycles. The molecular formula is C102H96F9N15O9. The van der Waals surface area contributed by atoms with Gasteiger partial charge in [-0.1, -0.05) is 116 Å². The molecule has 6 aromatic carbocycles. The van der Waals surface area contributed by atoms with Crippen molar-refractivity contribution in [2.75, 3.05) is 89.8 Å². The Bertz CT molecular complexity index is 6640. The molecule has 24 nitrogen and oxygen atoms in total. The van der Waals surface area contributed by atoms with Gasteiger partial charge in [0.1, 0.15) is 70.1 Å². The molecule has 0 spiro atoms. The van der Waals surface area contributed by atoms with Gasteiger partial charge in [-0.15, -0.1) is 0 Å². The summed E-state index contributed by atoms with van der Waals surface area (Å²) in [7, 11) is 4.31. The first-order chi connectivity index (χ1) is 64.1. The fraction of sp³-hybridized carbons (Fsp3) is 0.294. The summed E-state index contributed by atoms with van der Waals surface area (Å²) in [4.78, 5) is 150. The first-order valence-corrected chi connectivity index (χ1v) is 44.0. The lowest BCUT2D eigenvalue weighted by Gasteiger charge is -2.50. The van der Waals surface area contributed by atoms with E-state index >= 15 is 39.5 Å². The van der Waals surface area contributed by atoms with Crippen LogP contribution in [0.2, 0.25) is 0 Å². The number of rotatable bonds is 12. The molecule has 6 aromatic heterocycles. The third kappa shape index (κ3) is 15.0. The van der Waals surface area contributed by atoms with Crippen LogP contribution in [-0.4, -0.2) is 175 Å². The fourth-order valence-corrected chi connectivity index (χ4v) is 19.9. The first kappa shape index (κ1) is 93.4. The number of fused-ring (bicyclic) bond motifs is 15. The molecule has 0 radical (unpaired) electrons. The average Bonchev–Trinajstić information content (AvgIpc) is 0.706. The van der Waals surface area contributed by atoms with Crippen molar-refractivity contribution in [2.45, 2.75) is 137 Å². The third-order valence-corrected chi connectivity index (χ3v) is 26.4. The maximum Gasteiger partial charge on any atom is 0.281 e. The van der Waals surface area contributed by atoms with Crippen LogP contribution in [0, 0.1) is 73.1 Å². The highest BCUT2D eigenvalue weighted by atomic mass is 19.2. The van der Waals surface area contributed by atoms with Gasteiger partial charge in [0.2, 0.25) is 17.7 Å². The number of benzene rings is 6. The standard InChI is InChI=1S/3C34H32F3N5O3/c3*1-7-25(43)40-16-24-33(44)39(6)32-31(41(24)15-19(40)5)21-14-23(36)26(20-10-8-9-11-22(20)35)27(37)30(21)42(34(32)45)29-18(4)12-13-38-28(29)17(2)3/h3*7-14,17,19,24H,1,15-16H2,2-6H3/t3*19-,24-/m111/s1. The van der Waals surface area contributed by atoms with Crippen molar-refractivity contribution in [1.29, 1.82) is 0 Å². The number of amides is 6. The minimum atomic E-state index is -1.13. The second-order valence-electron chi connectivity index (χ2n) is 35.7. The predicted molar refractivity (Wildman–Crippen MR) is 502 cm³/mol. The van der Waals surface area contributed by atoms with E-state index in [0.717, 1.165) is 50.1 Å². The van der Waals surface area contributed by atoms with Crippen LogP contribution in [-0.2, 0) is 28.8 Å². The molecular weight excluding hydrogens is 1750 g/mol. The molecule has 0 unspecified atom stereocenters. The van der Waals surface area contributed by atoms with E-state index in [1.165, 1.54) is 123 Å². The minimum absolute atomic E-state index is 0.0172. The molecule has 12 heterocycles. The quantitative estimate of drug-likeness (QED) is 0.0817. The third-order valence-electron chi connectivity index (χ3n) is 26.4. The Kier molecular flexibility index (Phi) is 24.7. The van der Waals surface area contributed by atoms with E-state index in [9.17, 15) is 43.2 Å². The molecule has 0 saturated carbocycles. The molecule has 696 valence electrons. The molecule has 0 N–H and O–H groups in total. The zero-order valence-corrected chi connectivity index (χ0v) is 76.7. The molecule has 6 atom stereocenters. The Morgan fingerprint density at radius 3 is 0.807 bits per heavy atom. The molecule has 3 saturated heterocycles. The van der Waals surface area contributed by atoms with Crippen LogP contribution in [0.3, 0.4) is 0 Å². The summed E-state index contributed by atoms with van der Waals surface area (Å²) < 4.78 is 148. The largest absolute Gasteiger partial charge is 0.354 e. The number of carbonyl (C=O) groups excluding carboxylic acids is 6. The van der Waals surface area contributed by atoms with Crippen LogP contribution >= 0.6 is 0 Å². The van der Waals surface area contributed by atoms with Crippen molar-refractivity contribution in [3.8, 4) is 50.4 Å². The Morgan fingerprint density at radius 2 is 0.585 bits per heavy atom. The lowest BCUT2D eigenvalue weighted by Crippen LogP contribution is -2.66. The molecule has 3 fully saturated rings. The van der Waals surface area contributed by atoms with Crippen LogP contribution in [0.4, 0.5) is 73.6 Å².